The molecule has 0 heterocycles. The zero-order valence-electron chi connectivity index (χ0n) is 9.83. The number of Topliss-reactive ketones (excluding diaryl/α,β-unsaturated/α-hetero) is 1. The van der Waals surface area contributed by atoms with Crippen LogP contribution in [-0.4, -0.2) is 11.3 Å². The van der Waals surface area contributed by atoms with Crippen LogP contribution in [0.1, 0.15) is 36.8 Å². The Morgan fingerprint density at radius 3 is 2.44 bits per heavy atom. The van der Waals surface area contributed by atoms with Crippen LogP contribution < -0.4 is 5.73 Å². The molecule has 2 heteroatoms. The third-order valence-corrected chi connectivity index (χ3v) is 3.42. The van der Waals surface area contributed by atoms with Gasteiger partial charge in [0.25, 0.3) is 0 Å². The summed E-state index contributed by atoms with van der Waals surface area (Å²) in [6.45, 7) is 2.05. The Hall–Kier alpha value is -1.15. The van der Waals surface area contributed by atoms with E-state index in [4.69, 9.17) is 5.73 Å². The second-order valence-electron chi connectivity index (χ2n) is 5.09. The minimum Gasteiger partial charge on any atom is -0.325 e. The summed E-state index contributed by atoms with van der Waals surface area (Å²) in [5.41, 5.74) is 8.21. The van der Waals surface area contributed by atoms with Gasteiger partial charge in [-0.25, -0.2) is 0 Å². The molecule has 0 saturated heterocycles. The van der Waals surface area contributed by atoms with Gasteiger partial charge in [-0.05, 0) is 31.7 Å². The molecule has 0 aliphatic heterocycles. The number of hydrogen-bond donors (Lipinski definition) is 1. The fraction of sp³-hybridized carbons (Fsp3) is 0.500. The molecular formula is C14H19NO. The van der Waals surface area contributed by atoms with Crippen LogP contribution in [0.4, 0.5) is 0 Å². The smallest absolute Gasteiger partial charge is 0.139 e. The lowest BCUT2D eigenvalue weighted by Gasteiger charge is -2.37. The molecule has 1 aromatic rings. The van der Waals surface area contributed by atoms with Crippen LogP contribution in [0, 0.1) is 6.92 Å². The molecule has 0 spiro atoms. The van der Waals surface area contributed by atoms with E-state index in [-0.39, 0.29) is 11.3 Å². The van der Waals surface area contributed by atoms with Gasteiger partial charge >= 0.3 is 0 Å². The van der Waals surface area contributed by atoms with Gasteiger partial charge in [-0.15, -0.1) is 0 Å². The number of hydrogen-bond acceptors (Lipinski definition) is 2. The van der Waals surface area contributed by atoms with Gasteiger partial charge in [0, 0.05) is 18.4 Å². The van der Waals surface area contributed by atoms with E-state index in [1.165, 1.54) is 12.0 Å². The summed E-state index contributed by atoms with van der Waals surface area (Å²) in [7, 11) is 0. The highest BCUT2D eigenvalue weighted by molar-refractivity contribution is 5.82. The van der Waals surface area contributed by atoms with Gasteiger partial charge < -0.3 is 5.73 Å². The van der Waals surface area contributed by atoms with Gasteiger partial charge in [-0.3, -0.25) is 4.79 Å². The molecule has 2 rings (SSSR count). The Morgan fingerprint density at radius 2 is 1.94 bits per heavy atom. The Labute approximate surface area is 96.8 Å². The first kappa shape index (κ1) is 11.3. The molecule has 0 amide bonds. The molecule has 1 aliphatic rings. The summed E-state index contributed by atoms with van der Waals surface area (Å²) in [5.74, 6) is 0.269. The molecule has 0 unspecified atom stereocenters. The van der Waals surface area contributed by atoms with E-state index in [1.807, 2.05) is 24.3 Å². The van der Waals surface area contributed by atoms with Crippen LogP contribution in [0.3, 0.4) is 0 Å². The van der Waals surface area contributed by atoms with E-state index < -0.39 is 0 Å². The number of carbonyl (C=O) groups excluding carboxylic acids is 1. The zero-order valence-corrected chi connectivity index (χ0v) is 9.83. The Balaban J connectivity index is 1.89. The van der Waals surface area contributed by atoms with Crippen LogP contribution in [0.5, 0.6) is 0 Å². The lowest BCUT2D eigenvalue weighted by atomic mass is 9.74. The minimum atomic E-state index is -0.179. The summed E-state index contributed by atoms with van der Waals surface area (Å²) < 4.78 is 0. The van der Waals surface area contributed by atoms with E-state index in [1.54, 1.807) is 0 Å². The van der Waals surface area contributed by atoms with Crippen molar-refractivity contribution in [1.29, 1.82) is 0 Å². The fourth-order valence-electron chi connectivity index (χ4n) is 2.20. The van der Waals surface area contributed by atoms with Crippen molar-refractivity contribution in [2.45, 2.75) is 44.6 Å². The molecule has 16 heavy (non-hydrogen) atoms. The molecule has 2 N–H and O–H groups in total. The van der Waals surface area contributed by atoms with Crippen molar-refractivity contribution in [3.8, 4) is 0 Å². The molecule has 2 nitrogen and oxygen atoms in total. The number of aryl methyl sites for hydroxylation is 1. The van der Waals surface area contributed by atoms with Gasteiger partial charge in [-0.1, -0.05) is 29.8 Å². The molecule has 1 aromatic carbocycles. The highest BCUT2D eigenvalue weighted by atomic mass is 16.1. The normalized spacial score (nSPS) is 17.9. The van der Waals surface area contributed by atoms with Crippen LogP contribution in [0.25, 0.3) is 0 Å². The van der Waals surface area contributed by atoms with Crippen molar-refractivity contribution in [3.05, 3.63) is 35.4 Å². The molecule has 0 bridgehead atoms. The van der Waals surface area contributed by atoms with Crippen LogP contribution >= 0.6 is 0 Å². The average molecular weight is 217 g/mol. The van der Waals surface area contributed by atoms with Crippen molar-refractivity contribution in [2.24, 2.45) is 5.73 Å². The van der Waals surface area contributed by atoms with E-state index in [0.717, 1.165) is 18.4 Å². The molecule has 86 valence electrons. The third kappa shape index (κ3) is 2.70. The lowest BCUT2D eigenvalue weighted by Crippen LogP contribution is -2.48. The summed E-state index contributed by atoms with van der Waals surface area (Å²) in [4.78, 5) is 11.8. The molecule has 0 aromatic heterocycles. The van der Waals surface area contributed by atoms with Crippen LogP contribution in [0.2, 0.25) is 0 Å². The third-order valence-electron chi connectivity index (χ3n) is 3.42. The highest BCUT2D eigenvalue weighted by Gasteiger charge is 2.34. The minimum absolute atomic E-state index is 0.179. The topological polar surface area (TPSA) is 43.1 Å². The number of benzene rings is 1. The number of rotatable bonds is 4. The maximum absolute atomic E-state index is 11.8. The van der Waals surface area contributed by atoms with Gasteiger partial charge in [-0.2, -0.15) is 0 Å². The first-order valence-corrected chi connectivity index (χ1v) is 5.94. The lowest BCUT2D eigenvalue weighted by molar-refractivity contribution is -0.120. The number of ketones is 1. The second kappa shape index (κ2) is 4.38. The number of carbonyl (C=O) groups is 1. The number of nitrogens with two attached hydrogens (primary N) is 1. The van der Waals surface area contributed by atoms with E-state index in [9.17, 15) is 4.79 Å². The fourth-order valence-corrected chi connectivity index (χ4v) is 2.20. The Bertz CT molecular complexity index is 376. The summed E-state index contributed by atoms with van der Waals surface area (Å²) in [5, 5.41) is 0. The Morgan fingerprint density at radius 1 is 1.31 bits per heavy atom. The summed E-state index contributed by atoms with van der Waals surface area (Å²) in [6, 6.07) is 8.14. The van der Waals surface area contributed by atoms with Gasteiger partial charge in [0.05, 0.1) is 0 Å². The zero-order chi connectivity index (χ0) is 11.6. The van der Waals surface area contributed by atoms with Crippen molar-refractivity contribution < 1.29 is 4.79 Å². The van der Waals surface area contributed by atoms with Gasteiger partial charge in [0.15, 0.2) is 0 Å². The van der Waals surface area contributed by atoms with Crippen LogP contribution in [0.15, 0.2) is 24.3 Å². The molecule has 0 atom stereocenters. The van der Waals surface area contributed by atoms with Crippen molar-refractivity contribution >= 4 is 5.78 Å². The first-order valence-electron chi connectivity index (χ1n) is 5.94. The first-order chi connectivity index (χ1) is 7.57. The van der Waals surface area contributed by atoms with E-state index in [0.29, 0.717) is 12.8 Å². The molecule has 0 radical (unpaired) electrons. The molecule has 1 fully saturated rings. The monoisotopic (exact) mass is 217 g/mol. The van der Waals surface area contributed by atoms with Crippen molar-refractivity contribution in [3.63, 3.8) is 0 Å². The largest absolute Gasteiger partial charge is 0.325 e. The maximum Gasteiger partial charge on any atom is 0.139 e. The highest BCUT2D eigenvalue weighted by Crippen LogP contribution is 2.32. The van der Waals surface area contributed by atoms with Gasteiger partial charge in [0.1, 0.15) is 5.78 Å². The quantitative estimate of drug-likeness (QED) is 0.841. The van der Waals surface area contributed by atoms with Crippen LogP contribution in [-0.2, 0) is 11.2 Å². The molecule has 1 saturated carbocycles. The standard InChI is InChI=1S/C14H19NO/c1-11-3-5-12(6-4-11)9-13(16)10-14(15)7-2-8-14/h3-6H,2,7-10,15H2,1H3. The Kier molecular flexibility index (Phi) is 3.10. The average Bonchev–Trinajstić information content (AvgIpc) is 2.19. The summed E-state index contributed by atoms with van der Waals surface area (Å²) in [6.07, 6.45) is 4.26. The molecular weight excluding hydrogens is 198 g/mol. The molecule has 1 aliphatic carbocycles. The summed E-state index contributed by atoms with van der Waals surface area (Å²) >= 11 is 0. The van der Waals surface area contributed by atoms with E-state index in [2.05, 4.69) is 6.92 Å². The van der Waals surface area contributed by atoms with Crippen molar-refractivity contribution in [1.82, 2.24) is 0 Å². The maximum atomic E-state index is 11.8. The van der Waals surface area contributed by atoms with E-state index >= 15 is 0 Å². The predicted molar refractivity (Wildman–Crippen MR) is 65.3 cm³/mol. The predicted octanol–water partition coefficient (Wildman–Crippen LogP) is 2.38. The SMILES string of the molecule is Cc1ccc(CC(=O)CC2(N)CCC2)cc1. The second-order valence-corrected chi connectivity index (χ2v) is 5.09. The van der Waals surface area contributed by atoms with Gasteiger partial charge in [0.2, 0.25) is 0 Å². The van der Waals surface area contributed by atoms with Crippen molar-refractivity contribution in [2.75, 3.05) is 0 Å².